The molecule has 0 aliphatic carbocycles. The zero-order valence-electron chi connectivity index (χ0n) is 11.2. The molecule has 0 bridgehead atoms. The minimum Gasteiger partial charge on any atom is -0.481 e. The molecule has 1 rings (SSSR count). The molecule has 0 unspecified atom stereocenters. The SMILES string of the molecule is CC(C)N(CCC(=O)O)C(=O)c1cn(CCN)cn1. The second-order valence-corrected chi connectivity index (χ2v) is 4.52. The summed E-state index contributed by atoms with van der Waals surface area (Å²) >= 11 is 0. The second kappa shape index (κ2) is 6.89. The highest BCUT2D eigenvalue weighted by atomic mass is 16.4. The average Bonchev–Trinajstić information content (AvgIpc) is 2.77. The van der Waals surface area contributed by atoms with Crippen molar-refractivity contribution in [2.45, 2.75) is 32.9 Å². The maximum atomic E-state index is 12.2. The van der Waals surface area contributed by atoms with Gasteiger partial charge in [0.1, 0.15) is 5.69 Å². The maximum Gasteiger partial charge on any atom is 0.305 e. The van der Waals surface area contributed by atoms with Gasteiger partial charge in [-0.2, -0.15) is 0 Å². The first-order chi connectivity index (χ1) is 8.95. The number of amides is 1. The lowest BCUT2D eigenvalue weighted by atomic mass is 10.2. The van der Waals surface area contributed by atoms with E-state index >= 15 is 0 Å². The molecule has 7 heteroatoms. The van der Waals surface area contributed by atoms with Gasteiger partial charge in [-0.15, -0.1) is 0 Å². The van der Waals surface area contributed by atoms with Crippen molar-refractivity contribution in [1.29, 1.82) is 0 Å². The van der Waals surface area contributed by atoms with Crippen molar-refractivity contribution >= 4 is 11.9 Å². The Balaban J connectivity index is 2.77. The molecule has 1 heterocycles. The van der Waals surface area contributed by atoms with E-state index in [0.29, 0.717) is 18.8 Å². The molecule has 19 heavy (non-hydrogen) atoms. The van der Waals surface area contributed by atoms with Crippen LogP contribution in [0.25, 0.3) is 0 Å². The van der Waals surface area contributed by atoms with Crippen molar-refractivity contribution in [3.63, 3.8) is 0 Å². The molecular formula is C12H20N4O3. The molecule has 7 nitrogen and oxygen atoms in total. The van der Waals surface area contributed by atoms with Crippen molar-refractivity contribution in [3.8, 4) is 0 Å². The lowest BCUT2D eigenvalue weighted by Crippen LogP contribution is -2.38. The normalized spacial score (nSPS) is 10.7. The minimum atomic E-state index is -0.924. The largest absolute Gasteiger partial charge is 0.481 e. The number of aromatic nitrogens is 2. The van der Waals surface area contributed by atoms with Crippen LogP contribution in [0.4, 0.5) is 0 Å². The van der Waals surface area contributed by atoms with Crippen LogP contribution in [-0.4, -0.2) is 50.6 Å². The summed E-state index contributed by atoms with van der Waals surface area (Å²) in [6.07, 6.45) is 3.11. The van der Waals surface area contributed by atoms with E-state index < -0.39 is 5.97 Å². The van der Waals surface area contributed by atoms with Crippen molar-refractivity contribution in [2.24, 2.45) is 5.73 Å². The number of rotatable bonds is 7. The molecule has 0 fully saturated rings. The van der Waals surface area contributed by atoms with Crippen LogP contribution in [0.15, 0.2) is 12.5 Å². The predicted octanol–water partition coefficient (Wildman–Crippen LogP) is 0.167. The number of carbonyl (C=O) groups excluding carboxylic acids is 1. The van der Waals surface area contributed by atoms with Crippen LogP contribution in [0.3, 0.4) is 0 Å². The van der Waals surface area contributed by atoms with E-state index in [9.17, 15) is 9.59 Å². The van der Waals surface area contributed by atoms with Crippen LogP contribution in [0.1, 0.15) is 30.8 Å². The quantitative estimate of drug-likeness (QED) is 0.734. The molecule has 1 amide bonds. The first-order valence-corrected chi connectivity index (χ1v) is 6.20. The molecule has 3 N–H and O–H groups in total. The van der Waals surface area contributed by atoms with Gasteiger partial charge in [-0.25, -0.2) is 4.98 Å². The molecule has 0 saturated carbocycles. The summed E-state index contributed by atoms with van der Waals surface area (Å²) in [5.41, 5.74) is 5.74. The summed E-state index contributed by atoms with van der Waals surface area (Å²) in [5, 5.41) is 8.70. The number of hydrogen-bond acceptors (Lipinski definition) is 4. The fraction of sp³-hybridized carbons (Fsp3) is 0.583. The molecule has 0 aliphatic rings. The van der Waals surface area contributed by atoms with E-state index in [1.165, 1.54) is 4.90 Å². The standard InChI is InChI=1S/C12H20N4O3/c1-9(2)16(5-3-11(17)18)12(19)10-7-15(6-4-13)8-14-10/h7-9H,3-6,13H2,1-2H3,(H,17,18). The van der Waals surface area contributed by atoms with E-state index in [1.54, 1.807) is 17.1 Å². The van der Waals surface area contributed by atoms with Crippen molar-refractivity contribution < 1.29 is 14.7 Å². The molecule has 0 radical (unpaired) electrons. The van der Waals surface area contributed by atoms with Gasteiger partial charge in [0.2, 0.25) is 0 Å². The Bertz CT molecular complexity index is 442. The predicted molar refractivity (Wildman–Crippen MR) is 69.7 cm³/mol. The zero-order chi connectivity index (χ0) is 14.4. The smallest absolute Gasteiger partial charge is 0.305 e. The van der Waals surface area contributed by atoms with Gasteiger partial charge < -0.3 is 20.3 Å². The zero-order valence-corrected chi connectivity index (χ0v) is 11.2. The Hall–Kier alpha value is -1.89. The third-order valence-electron chi connectivity index (χ3n) is 2.69. The number of hydrogen-bond donors (Lipinski definition) is 2. The van der Waals surface area contributed by atoms with Crippen molar-refractivity contribution in [1.82, 2.24) is 14.5 Å². The molecule has 1 aromatic heterocycles. The average molecular weight is 268 g/mol. The molecule has 1 aromatic rings. The van der Waals surface area contributed by atoms with Gasteiger partial charge >= 0.3 is 5.97 Å². The molecule has 0 aliphatic heterocycles. The lowest BCUT2D eigenvalue weighted by molar-refractivity contribution is -0.137. The fourth-order valence-electron chi connectivity index (χ4n) is 1.70. The lowest BCUT2D eigenvalue weighted by Gasteiger charge is -2.25. The van der Waals surface area contributed by atoms with E-state index in [2.05, 4.69) is 4.98 Å². The van der Waals surface area contributed by atoms with E-state index in [4.69, 9.17) is 10.8 Å². The van der Waals surface area contributed by atoms with Gasteiger partial charge in [0.05, 0.1) is 12.7 Å². The van der Waals surface area contributed by atoms with Gasteiger partial charge in [-0.1, -0.05) is 0 Å². The number of aliphatic carboxylic acids is 1. The van der Waals surface area contributed by atoms with Gasteiger partial charge in [0.25, 0.3) is 5.91 Å². The van der Waals surface area contributed by atoms with Gasteiger partial charge in [0, 0.05) is 31.9 Å². The van der Waals surface area contributed by atoms with Gasteiger partial charge in [-0.3, -0.25) is 9.59 Å². The van der Waals surface area contributed by atoms with Crippen LogP contribution < -0.4 is 5.73 Å². The fourth-order valence-corrected chi connectivity index (χ4v) is 1.70. The highest BCUT2D eigenvalue weighted by Crippen LogP contribution is 2.08. The molecule has 0 spiro atoms. The molecule has 106 valence electrons. The first-order valence-electron chi connectivity index (χ1n) is 6.20. The van der Waals surface area contributed by atoms with Gasteiger partial charge in [-0.05, 0) is 13.8 Å². The monoisotopic (exact) mass is 268 g/mol. The van der Waals surface area contributed by atoms with Crippen LogP contribution in [0.5, 0.6) is 0 Å². The number of carboxylic acid groups (broad SMARTS) is 1. The first kappa shape index (κ1) is 15.2. The molecular weight excluding hydrogens is 248 g/mol. The Morgan fingerprint density at radius 3 is 2.74 bits per heavy atom. The van der Waals surface area contributed by atoms with Gasteiger partial charge in [0.15, 0.2) is 0 Å². The molecule has 0 atom stereocenters. The second-order valence-electron chi connectivity index (χ2n) is 4.52. The highest BCUT2D eigenvalue weighted by molar-refractivity contribution is 5.92. The summed E-state index contributed by atoms with van der Waals surface area (Å²) < 4.78 is 1.74. The topological polar surface area (TPSA) is 101 Å². The number of nitrogens with zero attached hydrogens (tertiary/aromatic N) is 3. The van der Waals surface area contributed by atoms with Crippen molar-refractivity contribution in [2.75, 3.05) is 13.1 Å². The minimum absolute atomic E-state index is 0.0760. The summed E-state index contributed by atoms with van der Waals surface area (Å²) in [4.78, 5) is 28.4. The number of carboxylic acids is 1. The van der Waals surface area contributed by atoms with E-state index in [0.717, 1.165) is 0 Å². The number of imidazole rings is 1. The third kappa shape index (κ3) is 4.36. The Morgan fingerprint density at radius 1 is 1.53 bits per heavy atom. The van der Waals surface area contributed by atoms with E-state index in [1.807, 2.05) is 13.8 Å². The Kier molecular flexibility index (Phi) is 5.50. The number of nitrogens with two attached hydrogens (primary N) is 1. The van der Waals surface area contributed by atoms with Crippen LogP contribution in [0.2, 0.25) is 0 Å². The van der Waals surface area contributed by atoms with Crippen LogP contribution in [0, 0.1) is 0 Å². The number of carbonyl (C=O) groups is 2. The summed E-state index contributed by atoms with van der Waals surface area (Å²) in [5.74, 6) is -1.18. The summed E-state index contributed by atoms with van der Waals surface area (Å²) in [6, 6.07) is -0.0773. The highest BCUT2D eigenvalue weighted by Gasteiger charge is 2.21. The van der Waals surface area contributed by atoms with E-state index in [-0.39, 0.29) is 24.9 Å². The Labute approximate surface area is 112 Å². The molecule has 0 saturated heterocycles. The Morgan fingerprint density at radius 2 is 2.21 bits per heavy atom. The molecule has 0 aromatic carbocycles. The van der Waals surface area contributed by atoms with Crippen molar-refractivity contribution in [3.05, 3.63) is 18.2 Å². The summed E-state index contributed by atoms with van der Waals surface area (Å²) in [6.45, 7) is 4.93. The van der Waals surface area contributed by atoms with Crippen LogP contribution >= 0.6 is 0 Å². The maximum absolute atomic E-state index is 12.2. The van der Waals surface area contributed by atoms with Crippen LogP contribution in [-0.2, 0) is 11.3 Å². The summed E-state index contributed by atoms with van der Waals surface area (Å²) in [7, 11) is 0. The third-order valence-corrected chi connectivity index (χ3v) is 2.69.